The highest BCUT2D eigenvalue weighted by Gasteiger charge is 2.19. The maximum absolute atomic E-state index is 6.13. The molecule has 98 valence electrons. The lowest BCUT2D eigenvalue weighted by Crippen LogP contribution is -2.20. The van der Waals surface area contributed by atoms with Crippen molar-refractivity contribution in [2.75, 3.05) is 6.54 Å². The van der Waals surface area contributed by atoms with Crippen LogP contribution in [0, 0.1) is 6.92 Å². The highest BCUT2D eigenvalue weighted by molar-refractivity contribution is 9.11. The van der Waals surface area contributed by atoms with Gasteiger partial charge in [0.25, 0.3) is 0 Å². The van der Waals surface area contributed by atoms with Crippen LogP contribution in [0.5, 0.6) is 0 Å². The summed E-state index contributed by atoms with van der Waals surface area (Å²) >= 11 is 16.7. The Bertz CT molecular complexity index is 465. The minimum atomic E-state index is 0.221. The van der Waals surface area contributed by atoms with Gasteiger partial charge in [-0.15, -0.1) is 22.7 Å². The average molecular weight is 430 g/mol. The zero-order valence-corrected chi connectivity index (χ0v) is 15.5. The van der Waals surface area contributed by atoms with E-state index in [4.69, 9.17) is 11.6 Å². The van der Waals surface area contributed by atoms with Gasteiger partial charge in [0.15, 0.2) is 0 Å². The van der Waals surface area contributed by atoms with Gasteiger partial charge in [0.1, 0.15) is 0 Å². The summed E-state index contributed by atoms with van der Waals surface area (Å²) in [5.41, 5.74) is 1.28. The fourth-order valence-electron chi connectivity index (χ4n) is 1.68. The Labute approximate surface area is 137 Å². The van der Waals surface area contributed by atoms with Crippen LogP contribution < -0.4 is 5.32 Å². The number of halogens is 3. The smallest absolute Gasteiger partial charge is 0.0888 e. The predicted molar refractivity (Wildman–Crippen MR) is 89.3 cm³/mol. The van der Waals surface area contributed by atoms with E-state index in [1.807, 2.05) is 6.07 Å². The molecule has 2 aromatic heterocycles. The van der Waals surface area contributed by atoms with Gasteiger partial charge in [0, 0.05) is 9.75 Å². The summed E-state index contributed by atoms with van der Waals surface area (Å²) in [4.78, 5) is 2.55. The number of thiophene rings is 2. The van der Waals surface area contributed by atoms with E-state index in [-0.39, 0.29) is 6.04 Å². The molecule has 2 aromatic rings. The topological polar surface area (TPSA) is 12.0 Å². The summed E-state index contributed by atoms with van der Waals surface area (Å²) in [6.07, 6.45) is 0. The number of nitrogens with one attached hydrogen (secondary N) is 1. The van der Waals surface area contributed by atoms with Gasteiger partial charge < -0.3 is 5.32 Å². The van der Waals surface area contributed by atoms with Crippen molar-refractivity contribution in [2.45, 2.75) is 19.9 Å². The lowest BCUT2D eigenvalue weighted by Gasteiger charge is -2.14. The molecule has 1 unspecified atom stereocenters. The fourth-order valence-corrected chi connectivity index (χ4v) is 5.26. The Balaban J connectivity index is 2.39. The van der Waals surface area contributed by atoms with E-state index in [1.165, 1.54) is 19.1 Å². The highest BCUT2D eigenvalue weighted by Crippen LogP contribution is 2.40. The Morgan fingerprint density at radius 1 is 1.22 bits per heavy atom. The van der Waals surface area contributed by atoms with E-state index >= 15 is 0 Å². The Kier molecular flexibility index (Phi) is 5.31. The highest BCUT2D eigenvalue weighted by atomic mass is 79.9. The Hall–Kier alpha value is 0.610. The van der Waals surface area contributed by atoms with Crippen molar-refractivity contribution in [3.63, 3.8) is 0 Å². The molecule has 0 spiro atoms. The summed E-state index contributed by atoms with van der Waals surface area (Å²) in [5, 5.41) is 4.30. The lowest BCUT2D eigenvalue weighted by atomic mass is 10.2. The van der Waals surface area contributed by atoms with Crippen LogP contribution in [0.2, 0.25) is 5.02 Å². The van der Waals surface area contributed by atoms with Crippen molar-refractivity contribution in [2.24, 2.45) is 0 Å². The Morgan fingerprint density at radius 3 is 2.28 bits per heavy atom. The Morgan fingerprint density at radius 2 is 1.83 bits per heavy atom. The molecule has 1 N–H and O–H groups in total. The molecule has 2 heterocycles. The molecule has 1 atom stereocenters. The van der Waals surface area contributed by atoms with Gasteiger partial charge in [-0.25, -0.2) is 0 Å². The van der Waals surface area contributed by atoms with Gasteiger partial charge in [-0.05, 0) is 63.0 Å². The second kappa shape index (κ2) is 6.37. The minimum Gasteiger partial charge on any atom is -0.305 e. The normalized spacial score (nSPS) is 12.9. The van der Waals surface area contributed by atoms with Gasteiger partial charge >= 0.3 is 0 Å². The number of rotatable bonds is 4. The molecule has 0 aliphatic heterocycles. The second-order valence-electron chi connectivity index (χ2n) is 3.87. The van der Waals surface area contributed by atoms with Crippen LogP contribution in [0.3, 0.4) is 0 Å². The number of hydrogen-bond donors (Lipinski definition) is 1. The summed E-state index contributed by atoms with van der Waals surface area (Å²) in [6, 6.07) is 4.48. The first kappa shape index (κ1) is 15.0. The number of aryl methyl sites for hydroxylation is 1. The monoisotopic (exact) mass is 427 g/mol. The van der Waals surface area contributed by atoms with Gasteiger partial charge in [-0.3, -0.25) is 0 Å². The van der Waals surface area contributed by atoms with E-state index in [0.29, 0.717) is 0 Å². The summed E-state index contributed by atoms with van der Waals surface area (Å²) in [7, 11) is 0. The molecule has 0 amide bonds. The third kappa shape index (κ3) is 3.19. The first-order valence-electron chi connectivity index (χ1n) is 5.46. The van der Waals surface area contributed by atoms with Crippen LogP contribution in [0.25, 0.3) is 0 Å². The maximum atomic E-state index is 6.13. The average Bonchev–Trinajstić information content (AvgIpc) is 2.81. The minimum absolute atomic E-state index is 0.221. The maximum Gasteiger partial charge on any atom is 0.0888 e. The zero-order chi connectivity index (χ0) is 13.3. The van der Waals surface area contributed by atoms with E-state index in [0.717, 1.165) is 15.4 Å². The molecule has 0 aliphatic rings. The van der Waals surface area contributed by atoms with Crippen molar-refractivity contribution in [1.82, 2.24) is 5.32 Å². The lowest BCUT2D eigenvalue weighted by molar-refractivity contribution is 0.648. The van der Waals surface area contributed by atoms with Crippen molar-refractivity contribution < 1.29 is 0 Å². The van der Waals surface area contributed by atoms with Crippen LogP contribution in [0.4, 0.5) is 0 Å². The first-order chi connectivity index (χ1) is 8.52. The summed E-state index contributed by atoms with van der Waals surface area (Å²) in [6.45, 7) is 5.16. The standard InChI is InChI=1S/C12H12Br2ClNS2/c1-3-16-10(8-4-6(2)11(13)17-8)9-5-7(15)12(14)18-9/h4-5,10,16H,3H2,1-2H3. The number of hydrogen-bond acceptors (Lipinski definition) is 3. The van der Waals surface area contributed by atoms with E-state index < -0.39 is 0 Å². The van der Waals surface area contributed by atoms with Crippen LogP contribution in [-0.2, 0) is 0 Å². The van der Waals surface area contributed by atoms with Crippen molar-refractivity contribution in [3.8, 4) is 0 Å². The third-order valence-electron chi connectivity index (χ3n) is 2.52. The van der Waals surface area contributed by atoms with Crippen LogP contribution in [0.15, 0.2) is 19.7 Å². The molecule has 0 saturated carbocycles. The van der Waals surface area contributed by atoms with Gasteiger partial charge in [-0.2, -0.15) is 0 Å². The van der Waals surface area contributed by atoms with Crippen molar-refractivity contribution in [3.05, 3.63) is 40.0 Å². The molecule has 0 radical (unpaired) electrons. The zero-order valence-electron chi connectivity index (χ0n) is 9.89. The van der Waals surface area contributed by atoms with Gasteiger partial charge in [0.2, 0.25) is 0 Å². The summed E-state index contributed by atoms with van der Waals surface area (Å²) in [5.74, 6) is 0. The molecule has 0 saturated heterocycles. The van der Waals surface area contributed by atoms with Gasteiger partial charge in [0.05, 0.1) is 18.6 Å². The molecule has 2 rings (SSSR count). The molecular formula is C12H12Br2ClNS2. The predicted octanol–water partition coefficient (Wildman–Crippen LogP) is 6.00. The molecule has 0 aliphatic carbocycles. The van der Waals surface area contributed by atoms with E-state index in [1.54, 1.807) is 22.7 Å². The molecule has 0 bridgehead atoms. The SMILES string of the molecule is CCNC(c1cc(C)c(Br)s1)c1cc(Cl)c(Br)s1. The molecule has 0 fully saturated rings. The molecule has 0 aromatic carbocycles. The first-order valence-corrected chi connectivity index (χ1v) is 9.06. The fraction of sp³-hybridized carbons (Fsp3) is 0.333. The van der Waals surface area contributed by atoms with Crippen molar-refractivity contribution in [1.29, 1.82) is 0 Å². The second-order valence-corrected chi connectivity index (χ2v) is 9.08. The molecule has 1 nitrogen and oxygen atoms in total. The van der Waals surface area contributed by atoms with E-state index in [9.17, 15) is 0 Å². The van der Waals surface area contributed by atoms with Crippen LogP contribution >= 0.6 is 66.1 Å². The van der Waals surface area contributed by atoms with Crippen LogP contribution in [0.1, 0.15) is 28.3 Å². The molecular weight excluding hydrogens is 418 g/mol. The van der Waals surface area contributed by atoms with Crippen LogP contribution in [-0.4, -0.2) is 6.54 Å². The third-order valence-corrected chi connectivity index (χ3v) is 7.26. The van der Waals surface area contributed by atoms with Crippen molar-refractivity contribution >= 4 is 66.1 Å². The molecule has 6 heteroatoms. The quantitative estimate of drug-likeness (QED) is 0.629. The largest absolute Gasteiger partial charge is 0.305 e. The van der Waals surface area contributed by atoms with Gasteiger partial charge in [-0.1, -0.05) is 18.5 Å². The summed E-state index contributed by atoms with van der Waals surface area (Å²) < 4.78 is 2.19. The van der Waals surface area contributed by atoms with E-state index in [2.05, 4.69) is 57.1 Å². The molecule has 18 heavy (non-hydrogen) atoms.